The first-order chi connectivity index (χ1) is 6.83. The molecule has 1 N–H and O–H groups in total. The molecule has 1 aromatic rings. The second kappa shape index (κ2) is 4.31. The Morgan fingerprint density at radius 3 is 2.60 bits per heavy atom. The lowest BCUT2D eigenvalue weighted by molar-refractivity contribution is -0.146. The van der Waals surface area contributed by atoms with Crippen molar-refractivity contribution in [2.75, 3.05) is 0 Å². The average molecular weight is 275 g/mol. The molecule has 0 aliphatic carbocycles. The first kappa shape index (κ1) is 12.2. The number of carboxylic acids is 1. The van der Waals surface area contributed by atoms with Gasteiger partial charge in [-0.2, -0.15) is 0 Å². The summed E-state index contributed by atoms with van der Waals surface area (Å²) in [6.07, 6.45) is 0.312. The van der Waals surface area contributed by atoms with Crippen LogP contribution in [0.4, 0.5) is 4.39 Å². The lowest BCUT2D eigenvalue weighted by Gasteiger charge is -2.18. The van der Waals surface area contributed by atoms with Gasteiger partial charge in [-0.1, -0.05) is 6.07 Å². The van der Waals surface area contributed by atoms with Gasteiger partial charge in [-0.05, 0) is 53.9 Å². The van der Waals surface area contributed by atoms with Gasteiger partial charge >= 0.3 is 5.97 Å². The van der Waals surface area contributed by atoms with Gasteiger partial charge < -0.3 is 5.11 Å². The second-order valence-corrected chi connectivity index (χ2v) is 4.97. The minimum atomic E-state index is -0.883. The highest BCUT2D eigenvalue weighted by atomic mass is 79.9. The molecule has 0 heterocycles. The van der Waals surface area contributed by atoms with Crippen molar-refractivity contribution in [2.45, 2.75) is 20.3 Å². The van der Waals surface area contributed by atoms with Crippen molar-refractivity contribution in [1.29, 1.82) is 0 Å². The van der Waals surface area contributed by atoms with Gasteiger partial charge in [-0.3, -0.25) is 4.79 Å². The maximum absolute atomic E-state index is 13.2. The van der Waals surface area contributed by atoms with E-state index < -0.39 is 11.4 Å². The molecule has 0 fully saturated rings. The fourth-order valence-corrected chi connectivity index (χ4v) is 1.48. The Kier molecular flexibility index (Phi) is 3.50. The molecule has 0 aromatic heterocycles. The minimum absolute atomic E-state index is 0.312. The largest absolute Gasteiger partial charge is 0.481 e. The lowest BCUT2D eigenvalue weighted by atomic mass is 9.86. The van der Waals surface area contributed by atoms with Crippen LogP contribution in [-0.4, -0.2) is 11.1 Å². The van der Waals surface area contributed by atoms with Crippen molar-refractivity contribution in [1.82, 2.24) is 0 Å². The summed E-state index contributed by atoms with van der Waals surface area (Å²) in [5, 5.41) is 8.92. The molecular weight excluding hydrogens is 263 g/mol. The molecule has 0 amide bonds. The summed E-state index contributed by atoms with van der Waals surface area (Å²) < 4.78 is 13.5. The van der Waals surface area contributed by atoms with E-state index in [0.717, 1.165) is 0 Å². The van der Waals surface area contributed by atoms with E-state index in [9.17, 15) is 9.18 Å². The molecule has 82 valence electrons. The Morgan fingerprint density at radius 2 is 2.13 bits per heavy atom. The number of rotatable bonds is 3. The van der Waals surface area contributed by atoms with Gasteiger partial charge in [0.2, 0.25) is 0 Å². The third-order valence-electron chi connectivity index (χ3n) is 2.21. The molecule has 15 heavy (non-hydrogen) atoms. The lowest BCUT2D eigenvalue weighted by Crippen LogP contribution is -2.26. The Labute approximate surface area is 96.2 Å². The van der Waals surface area contributed by atoms with E-state index in [-0.39, 0.29) is 5.82 Å². The summed E-state index contributed by atoms with van der Waals surface area (Å²) in [6, 6.07) is 4.66. The molecule has 1 rings (SSSR count). The molecule has 4 heteroatoms. The molecule has 0 saturated heterocycles. The molecule has 0 bridgehead atoms. The van der Waals surface area contributed by atoms with Crippen molar-refractivity contribution < 1.29 is 14.3 Å². The summed E-state index contributed by atoms with van der Waals surface area (Å²) in [5.41, 5.74) is -0.191. The van der Waals surface area contributed by atoms with Crippen molar-refractivity contribution in [3.8, 4) is 0 Å². The quantitative estimate of drug-likeness (QED) is 0.919. The normalized spacial score (nSPS) is 11.5. The van der Waals surface area contributed by atoms with Crippen LogP contribution in [0.25, 0.3) is 0 Å². The van der Waals surface area contributed by atoms with E-state index in [1.165, 1.54) is 6.07 Å². The fraction of sp³-hybridized carbons (Fsp3) is 0.364. The number of aliphatic carboxylic acids is 1. The van der Waals surface area contributed by atoms with Crippen LogP contribution < -0.4 is 0 Å². The van der Waals surface area contributed by atoms with E-state index in [4.69, 9.17) is 5.11 Å². The molecule has 1 aromatic carbocycles. The molecule has 0 unspecified atom stereocenters. The maximum atomic E-state index is 13.2. The van der Waals surface area contributed by atoms with Gasteiger partial charge in [0.25, 0.3) is 0 Å². The zero-order valence-corrected chi connectivity index (χ0v) is 10.1. The van der Waals surface area contributed by atoms with Crippen molar-refractivity contribution in [2.24, 2.45) is 5.41 Å². The topological polar surface area (TPSA) is 37.3 Å². The van der Waals surface area contributed by atoms with Crippen LogP contribution in [0.2, 0.25) is 0 Å². The Morgan fingerprint density at radius 1 is 1.53 bits per heavy atom. The van der Waals surface area contributed by atoms with Crippen LogP contribution in [0.5, 0.6) is 0 Å². The molecule has 0 spiro atoms. The zero-order valence-electron chi connectivity index (χ0n) is 8.55. The highest BCUT2D eigenvalue weighted by Crippen LogP contribution is 2.24. The predicted molar refractivity (Wildman–Crippen MR) is 59.2 cm³/mol. The molecular formula is C11H12BrFO2. The summed E-state index contributed by atoms with van der Waals surface area (Å²) in [5.74, 6) is -1.25. The van der Waals surface area contributed by atoms with Crippen molar-refractivity contribution >= 4 is 21.9 Å². The number of halogens is 2. The highest BCUT2D eigenvalue weighted by Gasteiger charge is 2.27. The Bertz CT molecular complexity index is 388. The average Bonchev–Trinajstić information content (AvgIpc) is 2.10. The van der Waals surface area contributed by atoms with Crippen molar-refractivity contribution in [3.63, 3.8) is 0 Å². The molecule has 2 nitrogen and oxygen atoms in total. The SMILES string of the molecule is CC(C)(Cc1ccc(Br)c(F)c1)C(=O)O. The summed E-state index contributed by atoms with van der Waals surface area (Å²) in [7, 11) is 0. The number of carboxylic acid groups (broad SMARTS) is 1. The first-order valence-electron chi connectivity index (χ1n) is 4.50. The van der Waals surface area contributed by atoms with E-state index in [1.807, 2.05) is 0 Å². The fourth-order valence-electron chi connectivity index (χ4n) is 1.24. The molecule has 0 aliphatic rings. The first-order valence-corrected chi connectivity index (χ1v) is 5.29. The van der Waals surface area contributed by atoms with Crippen LogP contribution in [0.1, 0.15) is 19.4 Å². The molecule has 0 aliphatic heterocycles. The predicted octanol–water partition coefficient (Wildman–Crippen LogP) is 3.24. The van der Waals surface area contributed by atoms with Crippen LogP contribution >= 0.6 is 15.9 Å². The smallest absolute Gasteiger partial charge is 0.309 e. The Balaban J connectivity index is 2.91. The maximum Gasteiger partial charge on any atom is 0.309 e. The number of hydrogen-bond acceptors (Lipinski definition) is 1. The third-order valence-corrected chi connectivity index (χ3v) is 2.85. The number of hydrogen-bond donors (Lipinski definition) is 1. The van der Waals surface area contributed by atoms with Gasteiger partial charge in [0.1, 0.15) is 5.82 Å². The monoisotopic (exact) mass is 274 g/mol. The van der Waals surface area contributed by atoms with E-state index in [1.54, 1.807) is 26.0 Å². The molecule has 0 atom stereocenters. The zero-order chi connectivity index (χ0) is 11.6. The Hall–Kier alpha value is -0.900. The molecule has 0 radical (unpaired) electrons. The summed E-state index contributed by atoms with van der Waals surface area (Å²) >= 11 is 3.05. The minimum Gasteiger partial charge on any atom is -0.481 e. The van der Waals surface area contributed by atoms with Crippen LogP contribution in [0, 0.1) is 11.2 Å². The van der Waals surface area contributed by atoms with Gasteiger partial charge in [0.15, 0.2) is 0 Å². The van der Waals surface area contributed by atoms with Crippen molar-refractivity contribution in [3.05, 3.63) is 34.1 Å². The standard InChI is InChI=1S/C11H12BrFO2/c1-11(2,10(14)15)6-7-3-4-8(12)9(13)5-7/h3-5H,6H2,1-2H3,(H,14,15). The number of benzene rings is 1. The van der Waals surface area contributed by atoms with Crippen LogP contribution in [-0.2, 0) is 11.2 Å². The summed E-state index contributed by atoms with van der Waals surface area (Å²) in [6.45, 7) is 3.24. The number of carbonyl (C=O) groups is 1. The second-order valence-electron chi connectivity index (χ2n) is 4.11. The molecule has 0 saturated carbocycles. The van der Waals surface area contributed by atoms with Crippen LogP contribution in [0.15, 0.2) is 22.7 Å². The van der Waals surface area contributed by atoms with E-state index in [2.05, 4.69) is 15.9 Å². The van der Waals surface area contributed by atoms with Crippen LogP contribution in [0.3, 0.4) is 0 Å². The van der Waals surface area contributed by atoms with Gasteiger partial charge in [-0.15, -0.1) is 0 Å². The van der Waals surface area contributed by atoms with Gasteiger partial charge in [0, 0.05) is 0 Å². The third kappa shape index (κ3) is 3.02. The summed E-state index contributed by atoms with van der Waals surface area (Å²) in [4.78, 5) is 10.9. The van der Waals surface area contributed by atoms with E-state index in [0.29, 0.717) is 16.5 Å². The van der Waals surface area contributed by atoms with Gasteiger partial charge in [-0.25, -0.2) is 4.39 Å². The van der Waals surface area contributed by atoms with Gasteiger partial charge in [0.05, 0.1) is 9.89 Å². The van der Waals surface area contributed by atoms with E-state index >= 15 is 0 Å². The highest BCUT2D eigenvalue weighted by molar-refractivity contribution is 9.10.